The van der Waals surface area contributed by atoms with Crippen LogP contribution < -0.4 is 10.6 Å². The molecule has 2 heterocycles. The van der Waals surface area contributed by atoms with Gasteiger partial charge in [0.25, 0.3) is 5.91 Å². The Morgan fingerprint density at radius 1 is 1.18 bits per heavy atom. The van der Waals surface area contributed by atoms with Crippen molar-refractivity contribution < 1.29 is 14.4 Å². The largest absolute Gasteiger partial charge is 0.325 e. The van der Waals surface area contributed by atoms with E-state index < -0.39 is 29.9 Å². The van der Waals surface area contributed by atoms with Crippen LogP contribution in [0.4, 0.5) is 9.93 Å². The van der Waals surface area contributed by atoms with Crippen LogP contribution in [-0.2, 0) is 20.9 Å². The molecule has 1 aliphatic heterocycles. The summed E-state index contributed by atoms with van der Waals surface area (Å²) in [5.41, 5.74) is 1.11. The van der Waals surface area contributed by atoms with E-state index >= 15 is 0 Å². The Hall–Kier alpha value is -3.75. The van der Waals surface area contributed by atoms with Gasteiger partial charge in [-0.15, -0.1) is 10.2 Å². The van der Waals surface area contributed by atoms with Crippen LogP contribution in [0, 0.1) is 11.3 Å². The molecular weight excluding hydrogens is 472 g/mol. The average molecular weight is 493 g/mol. The minimum absolute atomic E-state index is 0.282. The molecule has 2 aromatic carbocycles. The lowest BCUT2D eigenvalue weighted by molar-refractivity contribution is -0.134. The lowest BCUT2D eigenvalue weighted by Gasteiger charge is -2.25. The van der Waals surface area contributed by atoms with E-state index in [0.717, 1.165) is 10.5 Å². The smallest absolute Gasteiger partial charge is 0.319 e. The van der Waals surface area contributed by atoms with E-state index in [1.807, 2.05) is 25.1 Å². The molecule has 1 saturated heterocycles. The monoisotopic (exact) mass is 492 g/mol. The predicted molar refractivity (Wildman–Crippen MR) is 128 cm³/mol. The molecule has 9 nitrogen and oxygen atoms in total. The number of carbonyl (C=O) groups excluding carboxylic acids is 3. The van der Waals surface area contributed by atoms with Crippen molar-refractivity contribution >= 4 is 46.1 Å². The maximum Gasteiger partial charge on any atom is 0.325 e. The molecule has 3 aromatic rings. The molecule has 0 bridgehead atoms. The fraction of sp³-hybridized carbons (Fsp3) is 0.217. The minimum Gasteiger partial charge on any atom is -0.319 e. The zero-order valence-electron chi connectivity index (χ0n) is 18.1. The summed E-state index contributed by atoms with van der Waals surface area (Å²) in [5.74, 6) is -0.365. The number of amides is 4. The normalized spacial score (nSPS) is 17.4. The number of anilines is 1. The molecule has 172 valence electrons. The highest BCUT2D eigenvalue weighted by Crippen LogP contribution is 2.32. The first kappa shape index (κ1) is 23.4. The summed E-state index contributed by atoms with van der Waals surface area (Å²) in [6.07, 6.45) is 0.357. The minimum atomic E-state index is -1.18. The third kappa shape index (κ3) is 4.78. The van der Waals surface area contributed by atoms with E-state index in [-0.39, 0.29) is 5.13 Å². The molecule has 1 aromatic heterocycles. The second-order valence-corrected chi connectivity index (χ2v) is 9.67. The molecule has 0 spiro atoms. The van der Waals surface area contributed by atoms with Gasteiger partial charge in [-0.3, -0.25) is 19.8 Å². The van der Waals surface area contributed by atoms with Crippen LogP contribution in [0.25, 0.3) is 0 Å². The van der Waals surface area contributed by atoms with E-state index in [4.69, 9.17) is 5.26 Å². The summed E-state index contributed by atoms with van der Waals surface area (Å²) in [7, 11) is 0. The Balaban J connectivity index is 1.35. The predicted octanol–water partition coefficient (Wildman–Crippen LogP) is 3.50. The van der Waals surface area contributed by atoms with Crippen molar-refractivity contribution in [1.29, 1.82) is 5.26 Å². The molecule has 0 aliphatic carbocycles. The van der Waals surface area contributed by atoms with Gasteiger partial charge in [-0.1, -0.05) is 72.5 Å². The highest BCUT2D eigenvalue weighted by Gasteiger charge is 2.51. The molecule has 11 heteroatoms. The van der Waals surface area contributed by atoms with Crippen LogP contribution >= 0.6 is 23.1 Å². The number of thioether (sulfide) groups is 1. The van der Waals surface area contributed by atoms with Gasteiger partial charge in [0.05, 0.1) is 11.6 Å². The fourth-order valence-corrected chi connectivity index (χ4v) is 5.30. The van der Waals surface area contributed by atoms with Crippen molar-refractivity contribution in [3.63, 3.8) is 0 Å². The lowest BCUT2D eigenvalue weighted by Crippen LogP contribution is -2.44. The Bertz CT molecular complexity index is 1260. The summed E-state index contributed by atoms with van der Waals surface area (Å²) >= 11 is 2.65. The molecule has 4 amide bonds. The Morgan fingerprint density at radius 2 is 1.91 bits per heavy atom. The second kappa shape index (κ2) is 10.0. The molecule has 0 radical (unpaired) electrons. The van der Waals surface area contributed by atoms with Crippen LogP contribution in [-0.4, -0.2) is 39.5 Å². The number of hydrogen-bond acceptors (Lipinski definition) is 8. The van der Waals surface area contributed by atoms with Crippen molar-refractivity contribution in [2.75, 3.05) is 11.9 Å². The zero-order valence-corrected chi connectivity index (χ0v) is 19.8. The van der Waals surface area contributed by atoms with Gasteiger partial charge in [0, 0.05) is 5.75 Å². The third-order valence-electron chi connectivity index (χ3n) is 5.37. The first-order valence-corrected chi connectivity index (χ1v) is 12.2. The highest BCUT2D eigenvalue weighted by atomic mass is 32.2. The van der Waals surface area contributed by atoms with Crippen molar-refractivity contribution in [2.45, 2.75) is 29.0 Å². The Morgan fingerprint density at radius 3 is 2.59 bits per heavy atom. The SMILES string of the molecule is CCC1(c2ccccc2)NC(=O)N(CC(=O)Nc2nnc(SCc3ccc(C#N)cc3)s2)C1=O. The summed E-state index contributed by atoms with van der Waals surface area (Å²) in [5, 5.41) is 22.6. The van der Waals surface area contributed by atoms with Crippen LogP contribution in [0.15, 0.2) is 58.9 Å². The molecule has 1 aliphatic rings. The van der Waals surface area contributed by atoms with E-state index in [1.165, 1.54) is 23.1 Å². The van der Waals surface area contributed by atoms with E-state index in [2.05, 4.69) is 26.9 Å². The second-order valence-electron chi connectivity index (χ2n) is 7.47. The van der Waals surface area contributed by atoms with E-state index in [0.29, 0.717) is 27.6 Å². The van der Waals surface area contributed by atoms with Crippen molar-refractivity contribution in [1.82, 2.24) is 20.4 Å². The molecule has 1 atom stereocenters. The van der Waals surface area contributed by atoms with Gasteiger partial charge in [-0.05, 0) is 29.7 Å². The van der Waals surface area contributed by atoms with Crippen molar-refractivity contribution in [2.24, 2.45) is 0 Å². The van der Waals surface area contributed by atoms with Gasteiger partial charge in [0.15, 0.2) is 4.34 Å². The van der Waals surface area contributed by atoms with E-state index in [9.17, 15) is 14.4 Å². The number of hydrogen-bond donors (Lipinski definition) is 2. The topological polar surface area (TPSA) is 128 Å². The van der Waals surface area contributed by atoms with Gasteiger partial charge in [-0.25, -0.2) is 4.79 Å². The van der Waals surface area contributed by atoms with Crippen LogP contribution in [0.1, 0.15) is 30.0 Å². The molecule has 1 fully saturated rings. The summed E-state index contributed by atoms with van der Waals surface area (Å²) in [4.78, 5) is 39.2. The van der Waals surface area contributed by atoms with Gasteiger partial charge in [0.2, 0.25) is 11.0 Å². The fourth-order valence-electron chi connectivity index (χ4n) is 3.57. The van der Waals surface area contributed by atoms with Crippen LogP contribution in [0.3, 0.4) is 0 Å². The lowest BCUT2D eigenvalue weighted by atomic mass is 9.87. The molecule has 2 N–H and O–H groups in total. The Labute approximate surface area is 204 Å². The first-order valence-electron chi connectivity index (χ1n) is 10.4. The van der Waals surface area contributed by atoms with Gasteiger partial charge < -0.3 is 5.32 Å². The number of benzene rings is 2. The standard InChI is InChI=1S/C23H20N6O3S2/c1-2-23(17-6-4-3-5-7-17)19(31)29(21(32)26-23)13-18(30)25-20-27-28-22(34-20)33-14-16-10-8-15(12-24)9-11-16/h3-11H,2,13-14H2,1H3,(H,26,32)(H,25,27,30). The molecule has 1 unspecified atom stereocenters. The third-order valence-corrected chi connectivity index (χ3v) is 7.42. The summed E-state index contributed by atoms with van der Waals surface area (Å²) in [6.45, 7) is 1.39. The van der Waals surface area contributed by atoms with Gasteiger partial charge in [0.1, 0.15) is 12.1 Å². The maximum atomic E-state index is 13.1. The van der Waals surface area contributed by atoms with Crippen molar-refractivity contribution in [3.05, 3.63) is 71.3 Å². The quantitative estimate of drug-likeness (QED) is 0.280. The van der Waals surface area contributed by atoms with Crippen molar-refractivity contribution in [3.8, 4) is 6.07 Å². The highest BCUT2D eigenvalue weighted by molar-refractivity contribution is 8.00. The molecule has 4 rings (SSSR count). The molecule has 34 heavy (non-hydrogen) atoms. The maximum absolute atomic E-state index is 13.1. The summed E-state index contributed by atoms with van der Waals surface area (Å²) in [6, 6.07) is 17.7. The number of aromatic nitrogens is 2. The number of carbonyl (C=O) groups is 3. The number of rotatable bonds is 8. The van der Waals surface area contributed by atoms with Crippen LogP contribution in [0.5, 0.6) is 0 Å². The van der Waals surface area contributed by atoms with E-state index in [1.54, 1.807) is 36.4 Å². The number of nitrogens with zero attached hydrogens (tertiary/aromatic N) is 4. The number of nitriles is 1. The number of urea groups is 1. The van der Waals surface area contributed by atoms with Gasteiger partial charge >= 0.3 is 6.03 Å². The number of nitrogens with one attached hydrogen (secondary N) is 2. The van der Waals surface area contributed by atoms with Gasteiger partial charge in [-0.2, -0.15) is 5.26 Å². The summed E-state index contributed by atoms with van der Waals surface area (Å²) < 4.78 is 0.656. The van der Waals surface area contributed by atoms with Crippen LogP contribution in [0.2, 0.25) is 0 Å². The first-order chi connectivity index (χ1) is 16.4. The molecule has 0 saturated carbocycles. The average Bonchev–Trinajstić information content (AvgIpc) is 3.41. The Kier molecular flexibility index (Phi) is 6.90. The zero-order chi connectivity index (χ0) is 24.1. The molecular formula is C23H20N6O3S2. The number of imide groups is 1.